The summed E-state index contributed by atoms with van der Waals surface area (Å²) < 4.78 is 4.96. The summed E-state index contributed by atoms with van der Waals surface area (Å²) in [4.78, 5) is 11.2. The minimum absolute atomic E-state index is 0.00870. The molecule has 5 heteroatoms. The molecule has 0 atom stereocenters. The zero-order valence-corrected chi connectivity index (χ0v) is 7.58. The Labute approximate surface area is 77.2 Å². The van der Waals surface area contributed by atoms with Crippen molar-refractivity contribution < 1.29 is 14.6 Å². The second-order valence-electron chi connectivity index (χ2n) is 3.25. The second-order valence-corrected chi connectivity index (χ2v) is 3.25. The fourth-order valence-corrected chi connectivity index (χ4v) is 0.941. The van der Waals surface area contributed by atoms with E-state index in [1.807, 2.05) is 0 Å². The van der Waals surface area contributed by atoms with E-state index in [9.17, 15) is 4.79 Å². The van der Waals surface area contributed by atoms with Gasteiger partial charge < -0.3 is 20.9 Å². The van der Waals surface area contributed by atoms with E-state index < -0.39 is 5.54 Å². The standard InChI is InChI=1S/C8H16N2O3/c9-8(1-2-8)7(12)10-3-5-13-6-4-11/h11H,1-6,9H2,(H,10,12). The van der Waals surface area contributed by atoms with Gasteiger partial charge in [0.25, 0.3) is 0 Å². The first-order valence-electron chi connectivity index (χ1n) is 4.45. The van der Waals surface area contributed by atoms with Crippen molar-refractivity contribution in [3.8, 4) is 0 Å². The van der Waals surface area contributed by atoms with Crippen molar-refractivity contribution in [2.24, 2.45) is 5.73 Å². The molecule has 1 aliphatic rings. The minimum atomic E-state index is -0.600. The molecule has 13 heavy (non-hydrogen) atoms. The lowest BCUT2D eigenvalue weighted by Gasteiger charge is -2.09. The van der Waals surface area contributed by atoms with E-state index in [2.05, 4.69) is 5.32 Å². The third-order valence-electron chi connectivity index (χ3n) is 2.01. The average Bonchev–Trinajstić information content (AvgIpc) is 2.84. The molecule has 1 rings (SSSR count). The van der Waals surface area contributed by atoms with Gasteiger partial charge >= 0.3 is 0 Å². The van der Waals surface area contributed by atoms with Gasteiger partial charge in [0.2, 0.25) is 5.91 Å². The fraction of sp³-hybridized carbons (Fsp3) is 0.875. The number of aliphatic hydroxyl groups is 1. The van der Waals surface area contributed by atoms with Gasteiger partial charge in [0.05, 0.1) is 25.4 Å². The number of hydrogen-bond acceptors (Lipinski definition) is 4. The van der Waals surface area contributed by atoms with Gasteiger partial charge in [-0.2, -0.15) is 0 Å². The highest BCUT2D eigenvalue weighted by Crippen LogP contribution is 2.31. The van der Waals surface area contributed by atoms with Crippen LogP contribution < -0.4 is 11.1 Å². The number of nitrogens with one attached hydrogen (secondary N) is 1. The van der Waals surface area contributed by atoms with E-state index >= 15 is 0 Å². The van der Waals surface area contributed by atoms with Gasteiger partial charge in [-0.1, -0.05) is 0 Å². The summed E-state index contributed by atoms with van der Waals surface area (Å²) in [5.74, 6) is -0.0971. The van der Waals surface area contributed by atoms with E-state index in [1.165, 1.54) is 0 Å². The van der Waals surface area contributed by atoms with Crippen LogP contribution in [0.2, 0.25) is 0 Å². The molecular weight excluding hydrogens is 172 g/mol. The molecule has 0 aliphatic heterocycles. The molecule has 4 N–H and O–H groups in total. The predicted molar refractivity (Wildman–Crippen MR) is 47.1 cm³/mol. The Morgan fingerprint density at radius 2 is 2.23 bits per heavy atom. The minimum Gasteiger partial charge on any atom is -0.394 e. The summed E-state index contributed by atoms with van der Waals surface area (Å²) in [6.07, 6.45) is 1.55. The topological polar surface area (TPSA) is 84.6 Å². The number of carbonyl (C=O) groups is 1. The number of carbonyl (C=O) groups excluding carboxylic acids is 1. The molecule has 0 radical (unpaired) electrons. The van der Waals surface area contributed by atoms with Gasteiger partial charge in [0, 0.05) is 6.54 Å². The zero-order valence-electron chi connectivity index (χ0n) is 7.58. The average molecular weight is 188 g/mol. The third kappa shape index (κ3) is 3.30. The van der Waals surface area contributed by atoms with Gasteiger partial charge in [0.15, 0.2) is 0 Å². The summed E-state index contributed by atoms with van der Waals surface area (Å²) in [6, 6.07) is 0. The maximum Gasteiger partial charge on any atom is 0.240 e. The third-order valence-corrected chi connectivity index (χ3v) is 2.01. The maximum absolute atomic E-state index is 11.2. The zero-order chi connectivity index (χ0) is 9.73. The highest BCUT2D eigenvalue weighted by molar-refractivity contribution is 5.88. The number of nitrogens with two attached hydrogens (primary N) is 1. The van der Waals surface area contributed by atoms with E-state index in [1.54, 1.807) is 0 Å². The van der Waals surface area contributed by atoms with Crippen LogP contribution >= 0.6 is 0 Å². The van der Waals surface area contributed by atoms with Crippen molar-refractivity contribution in [2.45, 2.75) is 18.4 Å². The summed E-state index contributed by atoms with van der Waals surface area (Å²) >= 11 is 0. The summed E-state index contributed by atoms with van der Waals surface area (Å²) in [7, 11) is 0. The van der Waals surface area contributed by atoms with Crippen molar-refractivity contribution in [1.29, 1.82) is 0 Å². The van der Waals surface area contributed by atoms with Crippen LogP contribution in [-0.4, -0.2) is 42.9 Å². The molecule has 0 saturated heterocycles. The van der Waals surface area contributed by atoms with Crippen LogP contribution in [-0.2, 0) is 9.53 Å². The molecule has 76 valence electrons. The molecule has 0 bridgehead atoms. The van der Waals surface area contributed by atoms with Gasteiger partial charge in [-0.05, 0) is 12.8 Å². The molecule has 1 fully saturated rings. The van der Waals surface area contributed by atoms with Crippen LogP contribution in [0.5, 0.6) is 0 Å². The molecular formula is C8H16N2O3. The lowest BCUT2D eigenvalue weighted by atomic mass is 10.3. The van der Waals surface area contributed by atoms with Gasteiger partial charge in [-0.15, -0.1) is 0 Å². The quantitative estimate of drug-likeness (QED) is 0.448. The molecule has 0 heterocycles. The molecule has 0 spiro atoms. The van der Waals surface area contributed by atoms with Gasteiger partial charge in [-0.3, -0.25) is 4.79 Å². The Morgan fingerprint density at radius 3 is 2.77 bits per heavy atom. The highest BCUT2D eigenvalue weighted by Gasteiger charge is 2.45. The first-order chi connectivity index (χ1) is 6.19. The van der Waals surface area contributed by atoms with Crippen molar-refractivity contribution in [2.75, 3.05) is 26.4 Å². The van der Waals surface area contributed by atoms with Gasteiger partial charge in [0.1, 0.15) is 0 Å². The lowest BCUT2D eigenvalue weighted by molar-refractivity contribution is -0.123. The van der Waals surface area contributed by atoms with Crippen molar-refractivity contribution in [3.63, 3.8) is 0 Å². The normalized spacial score (nSPS) is 18.3. The Morgan fingerprint density at radius 1 is 1.54 bits per heavy atom. The molecule has 1 amide bonds. The largest absolute Gasteiger partial charge is 0.394 e. The van der Waals surface area contributed by atoms with Crippen LogP contribution in [0.1, 0.15) is 12.8 Å². The fourth-order valence-electron chi connectivity index (χ4n) is 0.941. The number of hydrogen-bond donors (Lipinski definition) is 3. The summed E-state index contributed by atoms with van der Waals surface area (Å²) in [5, 5.41) is 11.1. The van der Waals surface area contributed by atoms with Crippen LogP contribution in [0.3, 0.4) is 0 Å². The summed E-state index contributed by atoms with van der Waals surface area (Å²) in [6.45, 7) is 1.19. The number of rotatable bonds is 6. The molecule has 0 aromatic heterocycles. The predicted octanol–water partition coefficient (Wildman–Crippen LogP) is -1.40. The number of ether oxygens (including phenoxy) is 1. The SMILES string of the molecule is NC1(C(=O)NCCOCCO)CC1. The molecule has 1 aliphatic carbocycles. The summed E-state index contributed by atoms with van der Waals surface area (Å²) in [5.41, 5.74) is 5.04. The van der Waals surface area contributed by atoms with E-state index in [0.717, 1.165) is 12.8 Å². The maximum atomic E-state index is 11.2. The first-order valence-corrected chi connectivity index (χ1v) is 4.45. The van der Waals surface area contributed by atoms with Crippen LogP contribution in [0.4, 0.5) is 0 Å². The number of amides is 1. The highest BCUT2D eigenvalue weighted by atomic mass is 16.5. The Bertz CT molecular complexity index is 180. The Hall–Kier alpha value is -0.650. The van der Waals surface area contributed by atoms with Crippen molar-refractivity contribution in [3.05, 3.63) is 0 Å². The van der Waals surface area contributed by atoms with E-state index in [0.29, 0.717) is 19.8 Å². The van der Waals surface area contributed by atoms with Crippen LogP contribution in [0.25, 0.3) is 0 Å². The molecule has 0 aromatic carbocycles. The lowest BCUT2D eigenvalue weighted by Crippen LogP contribution is -2.43. The number of aliphatic hydroxyl groups excluding tert-OH is 1. The Kier molecular flexibility index (Phi) is 3.65. The first kappa shape index (κ1) is 10.4. The van der Waals surface area contributed by atoms with Gasteiger partial charge in [-0.25, -0.2) is 0 Å². The molecule has 5 nitrogen and oxygen atoms in total. The van der Waals surface area contributed by atoms with E-state index in [-0.39, 0.29) is 12.5 Å². The van der Waals surface area contributed by atoms with Crippen molar-refractivity contribution >= 4 is 5.91 Å². The molecule has 0 aromatic rings. The molecule has 0 unspecified atom stereocenters. The monoisotopic (exact) mass is 188 g/mol. The second kappa shape index (κ2) is 4.55. The molecule has 1 saturated carbocycles. The van der Waals surface area contributed by atoms with Crippen LogP contribution in [0, 0.1) is 0 Å². The van der Waals surface area contributed by atoms with Crippen molar-refractivity contribution in [1.82, 2.24) is 5.32 Å². The smallest absolute Gasteiger partial charge is 0.240 e. The van der Waals surface area contributed by atoms with Crippen LogP contribution in [0.15, 0.2) is 0 Å². The Balaban J connectivity index is 1.96. The van der Waals surface area contributed by atoms with E-state index in [4.69, 9.17) is 15.6 Å².